The van der Waals surface area contributed by atoms with Gasteiger partial charge < -0.3 is 25.6 Å². The molecule has 12 nitrogen and oxygen atoms in total. The summed E-state index contributed by atoms with van der Waals surface area (Å²) >= 11 is 0. The second-order valence-electron chi connectivity index (χ2n) is 8.04. The van der Waals surface area contributed by atoms with E-state index in [1.807, 2.05) is 0 Å². The summed E-state index contributed by atoms with van der Waals surface area (Å²) < 4.78 is 5.29. The summed E-state index contributed by atoms with van der Waals surface area (Å²) in [5, 5.41) is 35.7. The van der Waals surface area contributed by atoms with Crippen LogP contribution >= 0.6 is 0 Å². The molecule has 2 aromatic carbocycles. The average Bonchev–Trinajstić information content (AvgIpc) is 2.85. The summed E-state index contributed by atoms with van der Waals surface area (Å²) in [6.45, 7) is 2.61. The summed E-state index contributed by atoms with van der Waals surface area (Å²) in [6.07, 6.45) is 0. The summed E-state index contributed by atoms with van der Waals surface area (Å²) in [7, 11) is 0. The van der Waals surface area contributed by atoms with Gasteiger partial charge in [0.05, 0.1) is 39.7 Å². The number of esters is 1. The standard InChI is InChI=1S/C25H23N3O9/c1-13-19(24(32)33)21(15-6-5-7-16(12-15)28(35)36)20(14(2)27-13)25(34)37-11-10-26-22(29)17-8-3-4-9-18(17)23(30)31/h3-9,12,21,27H,10-11H2,1-2H3,(H,26,29)(H,30,31)(H,32,33). The predicted molar refractivity (Wildman–Crippen MR) is 129 cm³/mol. The number of aliphatic carboxylic acids is 1. The van der Waals surface area contributed by atoms with Crippen molar-refractivity contribution in [2.45, 2.75) is 19.8 Å². The quantitative estimate of drug-likeness (QED) is 0.169. The van der Waals surface area contributed by atoms with Crippen molar-refractivity contribution in [3.63, 3.8) is 0 Å². The lowest BCUT2D eigenvalue weighted by Crippen LogP contribution is -2.33. The Balaban J connectivity index is 1.79. The zero-order valence-electron chi connectivity index (χ0n) is 19.8. The van der Waals surface area contributed by atoms with Gasteiger partial charge in [-0.1, -0.05) is 24.3 Å². The Kier molecular flexibility index (Phi) is 8.02. The molecule has 1 aliphatic rings. The number of nitro groups is 1. The molecule has 192 valence electrons. The van der Waals surface area contributed by atoms with Crippen molar-refractivity contribution in [1.29, 1.82) is 0 Å². The molecule has 1 aliphatic heterocycles. The van der Waals surface area contributed by atoms with Crippen LogP contribution < -0.4 is 10.6 Å². The third-order valence-corrected chi connectivity index (χ3v) is 5.65. The molecule has 1 heterocycles. The van der Waals surface area contributed by atoms with E-state index in [0.29, 0.717) is 5.70 Å². The van der Waals surface area contributed by atoms with Gasteiger partial charge >= 0.3 is 17.9 Å². The van der Waals surface area contributed by atoms with E-state index in [0.717, 1.165) is 0 Å². The molecular weight excluding hydrogens is 486 g/mol. The first-order chi connectivity index (χ1) is 17.5. The van der Waals surface area contributed by atoms with Gasteiger partial charge in [0.2, 0.25) is 0 Å². The number of allylic oxidation sites excluding steroid dienone is 2. The van der Waals surface area contributed by atoms with Gasteiger partial charge in [-0.2, -0.15) is 0 Å². The van der Waals surface area contributed by atoms with Crippen LogP contribution in [0.15, 0.2) is 71.1 Å². The fraction of sp³-hybridized carbons (Fsp3) is 0.200. The normalized spacial score (nSPS) is 15.0. The monoisotopic (exact) mass is 509 g/mol. The number of hydrogen-bond acceptors (Lipinski definition) is 8. The maximum absolute atomic E-state index is 13.1. The number of non-ortho nitro benzene ring substituents is 1. The first-order valence-electron chi connectivity index (χ1n) is 11.0. The van der Waals surface area contributed by atoms with Crippen LogP contribution in [-0.4, -0.2) is 52.1 Å². The van der Waals surface area contributed by atoms with E-state index in [1.54, 1.807) is 6.92 Å². The molecule has 0 fully saturated rings. The first kappa shape index (κ1) is 26.6. The van der Waals surface area contributed by atoms with Crippen molar-refractivity contribution in [1.82, 2.24) is 10.6 Å². The molecule has 1 unspecified atom stereocenters. The van der Waals surface area contributed by atoms with Gasteiger partial charge in [-0.05, 0) is 31.5 Å². The van der Waals surface area contributed by atoms with Crippen LogP contribution in [-0.2, 0) is 14.3 Å². The van der Waals surface area contributed by atoms with E-state index in [1.165, 1.54) is 55.5 Å². The highest BCUT2D eigenvalue weighted by Gasteiger charge is 2.37. The van der Waals surface area contributed by atoms with Gasteiger partial charge in [0.1, 0.15) is 6.61 Å². The van der Waals surface area contributed by atoms with Crippen molar-refractivity contribution in [2.24, 2.45) is 0 Å². The fourth-order valence-corrected chi connectivity index (χ4v) is 4.05. The minimum Gasteiger partial charge on any atom is -0.478 e. The van der Waals surface area contributed by atoms with E-state index < -0.39 is 34.7 Å². The molecule has 0 radical (unpaired) electrons. The Morgan fingerprint density at radius 1 is 0.973 bits per heavy atom. The van der Waals surface area contributed by atoms with Crippen LogP contribution in [0.1, 0.15) is 46.0 Å². The van der Waals surface area contributed by atoms with Crippen molar-refractivity contribution in [3.05, 3.63) is 97.9 Å². The van der Waals surface area contributed by atoms with Gasteiger partial charge in [-0.3, -0.25) is 14.9 Å². The number of benzene rings is 2. The smallest absolute Gasteiger partial charge is 0.336 e. The van der Waals surface area contributed by atoms with Gasteiger partial charge in [0, 0.05) is 23.5 Å². The largest absolute Gasteiger partial charge is 0.478 e. The molecule has 37 heavy (non-hydrogen) atoms. The second-order valence-corrected chi connectivity index (χ2v) is 8.04. The third kappa shape index (κ3) is 5.81. The van der Waals surface area contributed by atoms with E-state index in [-0.39, 0.29) is 52.4 Å². The highest BCUT2D eigenvalue weighted by Crippen LogP contribution is 2.39. The average molecular weight is 509 g/mol. The van der Waals surface area contributed by atoms with Crippen LogP contribution in [0, 0.1) is 10.1 Å². The highest BCUT2D eigenvalue weighted by molar-refractivity contribution is 6.04. The van der Waals surface area contributed by atoms with E-state index >= 15 is 0 Å². The Morgan fingerprint density at radius 2 is 1.62 bits per heavy atom. The number of rotatable bonds is 9. The van der Waals surface area contributed by atoms with Crippen molar-refractivity contribution < 1.29 is 39.1 Å². The molecule has 2 aromatic rings. The number of nitrogens with one attached hydrogen (secondary N) is 2. The van der Waals surface area contributed by atoms with Crippen molar-refractivity contribution >= 4 is 29.5 Å². The number of carboxylic acid groups (broad SMARTS) is 2. The molecule has 0 spiro atoms. The Morgan fingerprint density at radius 3 is 2.24 bits per heavy atom. The van der Waals surface area contributed by atoms with Crippen LogP contribution in [0.3, 0.4) is 0 Å². The SMILES string of the molecule is CC1=C(C(=O)O)C(c2cccc([N+](=O)[O-])c2)C(C(=O)OCCNC(=O)c2ccccc2C(=O)O)=C(C)N1. The van der Waals surface area contributed by atoms with E-state index in [2.05, 4.69) is 10.6 Å². The van der Waals surface area contributed by atoms with Crippen LogP contribution in [0.2, 0.25) is 0 Å². The van der Waals surface area contributed by atoms with Gasteiger partial charge in [0.15, 0.2) is 0 Å². The number of carbonyl (C=O) groups is 4. The molecule has 0 bridgehead atoms. The molecule has 0 aromatic heterocycles. The minimum absolute atomic E-state index is 0.0500. The summed E-state index contributed by atoms with van der Waals surface area (Å²) in [4.78, 5) is 59.5. The molecule has 1 amide bonds. The summed E-state index contributed by atoms with van der Waals surface area (Å²) in [5.41, 5.74) is 0.0574. The van der Waals surface area contributed by atoms with Gasteiger partial charge in [0.25, 0.3) is 11.6 Å². The predicted octanol–water partition coefficient (Wildman–Crippen LogP) is 2.59. The number of nitro benzene ring substituents is 1. The Hall–Kier alpha value is -5.00. The van der Waals surface area contributed by atoms with Crippen molar-refractivity contribution in [2.75, 3.05) is 13.2 Å². The topological polar surface area (TPSA) is 185 Å². The molecular formula is C25H23N3O9. The first-order valence-corrected chi connectivity index (χ1v) is 11.0. The van der Waals surface area contributed by atoms with E-state index in [9.17, 15) is 39.5 Å². The molecule has 0 aliphatic carbocycles. The van der Waals surface area contributed by atoms with Crippen LogP contribution in [0.5, 0.6) is 0 Å². The third-order valence-electron chi connectivity index (χ3n) is 5.65. The number of dihydropyridines is 1. The molecule has 1 atom stereocenters. The molecule has 3 rings (SSSR count). The lowest BCUT2D eigenvalue weighted by atomic mass is 9.80. The second kappa shape index (κ2) is 11.2. The number of ether oxygens (including phenoxy) is 1. The Labute approximate surface area is 210 Å². The van der Waals surface area contributed by atoms with Crippen molar-refractivity contribution in [3.8, 4) is 0 Å². The summed E-state index contributed by atoms with van der Waals surface area (Å²) in [6, 6.07) is 11.0. The highest BCUT2D eigenvalue weighted by atomic mass is 16.6. The number of amides is 1. The zero-order valence-corrected chi connectivity index (χ0v) is 19.8. The molecule has 0 saturated carbocycles. The summed E-state index contributed by atoms with van der Waals surface area (Å²) in [5.74, 6) is -5.29. The molecule has 0 saturated heterocycles. The zero-order chi connectivity index (χ0) is 27.3. The molecule has 4 N–H and O–H groups in total. The van der Waals surface area contributed by atoms with Gasteiger partial charge in [-0.25, -0.2) is 14.4 Å². The van der Waals surface area contributed by atoms with Gasteiger partial charge in [-0.15, -0.1) is 0 Å². The Bertz CT molecular complexity index is 1360. The number of hydrogen-bond donors (Lipinski definition) is 4. The lowest BCUT2D eigenvalue weighted by molar-refractivity contribution is -0.384. The van der Waals surface area contributed by atoms with Crippen LogP contribution in [0.25, 0.3) is 0 Å². The maximum Gasteiger partial charge on any atom is 0.336 e. The van der Waals surface area contributed by atoms with E-state index in [4.69, 9.17) is 4.74 Å². The number of nitrogens with zero attached hydrogens (tertiary/aromatic N) is 1. The number of carboxylic acids is 2. The number of aromatic carboxylic acids is 1. The minimum atomic E-state index is -1.32. The fourth-order valence-electron chi connectivity index (χ4n) is 4.05. The maximum atomic E-state index is 13.1. The molecule has 12 heteroatoms. The lowest BCUT2D eigenvalue weighted by Gasteiger charge is -2.29. The number of carbonyl (C=O) groups excluding carboxylic acids is 2. The van der Waals surface area contributed by atoms with Crippen LogP contribution in [0.4, 0.5) is 5.69 Å².